The second kappa shape index (κ2) is 5.44. The predicted octanol–water partition coefficient (Wildman–Crippen LogP) is 5.98. The summed E-state index contributed by atoms with van der Waals surface area (Å²) in [7, 11) is 1.70. The van der Waals surface area contributed by atoms with E-state index in [0.29, 0.717) is 0 Å². The lowest BCUT2D eigenvalue weighted by molar-refractivity contribution is 0.415. The van der Waals surface area contributed by atoms with Gasteiger partial charge in [-0.15, -0.1) is 0 Å². The van der Waals surface area contributed by atoms with Crippen LogP contribution in [0.25, 0.3) is 32.7 Å². The Bertz CT molecular complexity index is 997. The first-order valence-corrected chi connectivity index (χ1v) is 7.83. The molecule has 0 N–H and O–H groups in total. The molecule has 0 saturated heterocycles. The maximum atomic E-state index is 5.28. The van der Waals surface area contributed by atoms with Gasteiger partial charge in [-0.05, 0) is 63.4 Å². The molecule has 0 aliphatic carbocycles. The fraction of sp³-hybridized carbons (Fsp3) is 0.0909. The molecule has 0 fully saturated rings. The Labute approximate surface area is 136 Å². The largest absolute Gasteiger partial charge is 0.497 e. The van der Waals surface area contributed by atoms with E-state index >= 15 is 0 Å². The Hall–Kier alpha value is -2.80. The molecule has 23 heavy (non-hydrogen) atoms. The first kappa shape index (κ1) is 13.8. The van der Waals surface area contributed by atoms with E-state index in [2.05, 4.69) is 67.6 Å². The third-order valence-electron chi connectivity index (χ3n) is 4.49. The van der Waals surface area contributed by atoms with E-state index < -0.39 is 0 Å². The van der Waals surface area contributed by atoms with Crippen LogP contribution in [0.15, 0.2) is 72.8 Å². The first-order valence-electron chi connectivity index (χ1n) is 7.83. The van der Waals surface area contributed by atoms with Crippen molar-refractivity contribution in [3.05, 3.63) is 78.4 Å². The molecule has 4 aromatic carbocycles. The number of aryl methyl sites for hydroxylation is 1. The summed E-state index contributed by atoms with van der Waals surface area (Å²) in [5.74, 6) is 0.884. The summed E-state index contributed by atoms with van der Waals surface area (Å²) in [5.41, 5.74) is 3.80. The standard InChI is InChI=1S/C22H18O/c1-15-6-5-9-20-21(16-10-12-18(23-2)13-11-16)14-17-7-3-4-8-19(17)22(15)20/h3-14H,1-2H3. The van der Waals surface area contributed by atoms with Crippen LogP contribution in [-0.2, 0) is 0 Å². The van der Waals surface area contributed by atoms with E-state index in [0.717, 1.165) is 5.75 Å². The molecule has 0 bridgehead atoms. The van der Waals surface area contributed by atoms with Crippen molar-refractivity contribution < 1.29 is 4.74 Å². The van der Waals surface area contributed by atoms with Crippen LogP contribution in [0.4, 0.5) is 0 Å². The summed E-state index contributed by atoms with van der Waals surface area (Å²) in [6.07, 6.45) is 0. The molecule has 0 spiro atoms. The minimum Gasteiger partial charge on any atom is -0.497 e. The minimum absolute atomic E-state index is 0.884. The van der Waals surface area contributed by atoms with Crippen LogP contribution in [0.3, 0.4) is 0 Å². The van der Waals surface area contributed by atoms with Crippen molar-refractivity contribution in [2.45, 2.75) is 6.92 Å². The Morgan fingerprint density at radius 2 is 1.48 bits per heavy atom. The lowest BCUT2D eigenvalue weighted by atomic mass is 9.91. The highest BCUT2D eigenvalue weighted by Crippen LogP contribution is 2.36. The van der Waals surface area contributed by atoms with Crippen molar-refractivity contribution in [2.24, 2.45) is 0 Å². The Morgan fingerprint density at radius 3 is 2.26 bits per heavy atom. The highest BCUT2D eigenvalue weighted by Gasteiger charge is 2.10. The van der Waals surface area contributed by atoms with E-state index in [4.69, 9.17) is 4.74 Å². The highest BCUT2D eigenvalue weighted by atomic mass is 16.5. The van der Waals surface area contributed by atoms with Crippen molar-refractivity contribution in [3.8, 4) is 16.9 Å². The summed E-state index contributed by atoms with van der Waals surface area (Å²) in [6, 6.07) is 25.7. The molecule has 1 nitrogen and oxygen atoms in total. The smallest absolute Gasteiger partial charge is 0.118 e. The molecule has 1 heteroatoms. The van der Waals surface area contributed by atoms with Crippen LogP contribution in [0, 0.1) is 6.92 Å². The number of benzene rings is 4. The minimum atomic E-state index is 0.884. The number of ether oxygens (including phenoxy) is 1. The maximum Gasteiger partial charge on any atom is 0.118 e. The lowest BCUT2D eigenvalue weighted by Crippen LogP contribution is -1.88. The van der Waals surface area contributed by atoms with Gasteiger partial charge in [0.25, 0.3) is 0 Å². The van der Waals surface area contributed by atoms with Gasteiger partial charge in [-0.2, -0.15) is 0 Å². The van der Waals surface area contributed by atoms with Gasteiger partial charge in [0.2, 0.25) is 0 Å². The van der Waals surface area contributed by atoms with E-state index in [1.54, 1.807) is 7.11 Å². The number of hydrogen-bond donors (Lipinski definition) is 0. The maximum absolute atomic E-state index is 5.28. The molecule has 4 aromatic rings. The van der Waals surface area contributed by atoms with Crippen LogP contribution in [0.1, 0.15) is 5.56 Å². The third kappa shape index (κ3) is 2.25. The van der Waals surface area contributed by atoms with E-state index in [1.807, 2.05) is 12.1 Å². The second-order valence-corrected chi connectivity index (χ2v) is 5.87. The fourth-order valence-electron chi connectivity index (χ4n) is 3.34. The Balaban J connectivity index is 2.10. The van der Waals surface area contributed by atoms with Crippen molar-refractivity contribution in [1.29, 1.82) is 0 Å². The number of methoxy groups -OCH3 is 1. The van der Waals surface area contributed by atoms with Gasteiger partial charge in [-0.25, -0.2) is 0 Å². The van der Waals surface area contributed by atoms with Crippen LogP contribution in [-0.4, -0.2) is 7.11 Å². The lowest BCUT2D eigenvalue weighted by Gasteiger charge is -2.13. The normalized spacial score (nSPS) is 11.0. The second-order valence-electron chi connectivity index (χ2n) is 5.87. The molecule has 0 unspecified atom stereocenters. The molecule has 4 rings (SSSR count). The number of fused-ring (bicyclic) bond motifs is 3. The molecule has 0 aromatic heterocycles. The summed E-state index contributed by atoms with van der Waals surface area (Å²) in [5, 5.41) is 5.24. The van der Waals surface area contributed by atoms with Gasteiger partial charge < -0.3 is 4.74 Å². The Kier molecular flexibility index (Phi) is 3.27. The zero-order valence-electron chi connectivity index (χ0n) is 13.3. The zero-order chi connectivity index (χ0) is 15.8. The van der Waals surface area contributed by atoms with E-state index in [1.165, 1.54) is 38.2 Å². The van der Waals surface area contributed by atoms with Crippen molar-refractivity contribution in [2.75, 3.05) is 7.11 Å². The third-order valence-corrected chi connectivity index (χ3v) is 4.49. The monoisotopic (exact) mass is 298 g/mol. The van der Waals surface area contributed by atoms with Gasteiger partial charge in [0.15, 0.2) is 0 Å². The fourth-order valence-corrected chi connectivity index (χ4v) is 3.34. The van der Waals surface area contributed by atoms with Crippen molar-refractivity contribution >= 4 is 21.5 Å². The Morgan fingerprint density at radius 1 is 0.739 bits per heavy atom. The van der Waals surface area contributed by atoms with Crippen LogP contribution >= 0.6 is 0 Å². The molecule has 0 radical (unpaired) electrons. The molecule has 0 aliphatic heterocycles. The summed E-state index contributed by atoms with van der Waals surface area (Å²) >= 11 is 0. The first-order chi connectivity index (χ1) is 11.3. The zero-order valence-corrected chi connectivity index (χ0v) is 13.3. The molecule has 0 amide bonds. The highest BCUT2D eigenvalue weighted by molar-refractivity contribution is 6.15. The van der Waals surface area contributed by atoms with Gasteiger partial charge in [-0.1, -0.05) is 54.6 Å². The van der Waals surface area contributed by atoms with Crippen molar-refractivity contribution in [1.82, 2.24) is 0 Å². The van der Waals surface area contributed by atoms with Crippen LogP contribution < -0.4 is 4.74 Å². The average Bonchev–Trinajstić information content (AvgIpc) is 2.61. The molecular formula is C22H18O. The predicted molar refractivity (Wildman–Crippen MR) is 98.2 cm³/mol. The summed E-state index contributed by atoms with van der Waals surface area (Å²) < 4.78 is 5.28. The van der Waals surface area contributed by atoms with Crippen molar-refractivity contribution in [3.63, 3.8) is 0 Å². The average molecular weight is 298 g/mol. The summed E-state index contributed by atoms with van der Waals surface area (Å²) in [6.45, 7) is 2.19. The van der Waals surface area contributed by atoms with Gasteiger partial charge >= 0.3 is 0 Å². The molecule has 0 atom stereocenters. The van der Waals surface area contributed by atoms with Crippen LogP contribution in [0.2, 0.25) is 0 Å². The number of hydrogen-bond acceptors (Lipinski definition) is 1. The van der Waals surface area contributed by atoms with E-state index in [9.17, 15) is 0 Å². The van der Waals surface area contributed by atoms with Gasteiger partial charge in [0.05, 0.1) is 7.11 Å². The van der Waals surface area contributed by atoms with E-state index in [-0.39, 0.29) is 0 Å². The molecular weight excluding hydrogens is 280 g/mol. The van der Waals surface area contributed by atoms with Gasteiger partial charge in [0.1, 0.15) is 5.75 Å². The molecule has 0 heterocycles. The molecule has 112 valence electrons. The molecule has 0 saturated carbocycles. The SMILES string of the molecule is COc1ccc(-c2cc3ccccc3c3c(C)cccc23)cc1. The van der Waals surface area contributed by atoms with Crippen LogP contribution in [0.5, 0.6) is 5.75 Å². The quantitative estimate of drug-likeness (QED) is 0.414. The molecule has 0 aliphatic rings. The van der Waals surface area contributed by atoms with Gasteiger partial charge in [0, 0.05) is 0 Å². The number of rotatable bonds is 2. The topological polar surface area (TPSA) is 9.23 Å². The summed E-state index contributed by atoms with van der Waals surface area (Å²) in [4.78, 5) is 0. The van der Waals surface area contributed by atoms with Gasteiger partial charge in [-0.3, -0.25) is 0 Å².